The van der Waals surface area contributed by atoms with E-state index < -0.39 is 5.60 Å². The molecule has 20 heavy (non-hydrogen) atoms. The van der Waals surface area contributed by atoms with E-state index in [4.69, 9.17) is 17.3 Å². The summed E-state index contributed by atoms with van der Waals surface area (Å²) >= 11 is 5.94. The van der Waals surface area contributed by atoms with Crippen molar-refractivity contribution < 1.29 is 5.11 Å². The molecule has 4 heteroatoms. The van der Waals surface area contributed by atoms with Crippen LogP contribution in [0, 0.1) is 5.92 Å². The Hall–Kier alpha value is -0.770. The Bertz CT molecular complexity index is 493. The highest BCUT2D eigenvalue weighted by Crippen LogP contribution is 2.40. The number of anilines is 1. The molecule has 2 atom stereocenters. The fourth-order valence-electron chi connectivity index (χ4n) is 3.73. The number of hydrogen-bond donors (Lipinski definition) is 2. The van der Waals surface area contributed by atoms with Crippen LogP contribution in [0.2, 0.25) is 5.02 Å². The number of benzene rings is 1. The molecule has 1 saturated heterocycles. The Morgan fingerprint density at radius 3 is 3.00 bits per heavy atom. The lowest BCUT2D eigenvalue weighted by atomic mass is 9.71. The van der Waals surface area contributed by atoms with E-state index in [1.54, 1.807) is 0 Å². The van der Waals surface area contributed by atoms with E-state index in [2.05, 4.69) is 4.90 Å². The Balaban J connectivity index is 1.67. The lowest BCUT2D eigenvalue weighted by Crippen LogP contribution is -2.52. The van der Waals surface area contributed by atoms with Gasteiger partial charge in [-0.05, 0) is 37.0 Å². The Labute approximate surface area is 125 Å². The number of halogens is 1. The van der Waals surface area contributed by atoms with Crippen molar-refractivity contribution in [3.8, 4) is 0 Å². The van der Waals surface area contributed by atoms with Gasteiger partial charge in [-0.2, -0.15) is 0 Å². The Kier molecular flexibility index (Phi) is 3.93. The van der Waals surface area contributed by atoms with Gasteiger partial charge in [0.05, 0.1) is 5.60 Å². The monoisotopic (exact) mass is 294 g/mol. The lowest BCUT2D eigenvalue weighted by molar-refractivity contribution is -0.0967. The fraction of sp³-hybridized carbons (Fsp3) is 0.625. The zero-order valence-electron chi connectivity index (χ0n) is 11.8. The fourth-order valence-corrected chi connectivity index (χ4v) is 3.91. The number of rotatable bonds is 2. The maximum absolute atomic E-state index is 10.7. The molecule has 0 amide bonds. The number of piperidine rings is 1. The van der Waals surface area contributed by atoms with Crippen LogP contribution in [0.4, 0.5) is 5.69 Å². The first-order valence-corrected chi connectivity index (χ1v) is 7.93. The number of nitrogens with two attached hydrogens (primary N) is 1. The minimum Gasteiger partial charge on any atom is -0.398 e. The molecule has 1 aliphatic carbocycles. The van der Waals surface area contributed by atoms with Crippen LogP contribution in [0.3, 0.4) is 0 Å². The highest BCUT2D eigenvalue weighted by atomic mass is 35.5. The van der Waals surface area contributed by atoms with Gasteiger partial charge in [-0.15, -0.1) is 0 Å². The molecule has 2 unspecified atom stereocenters. The summed E-state index contributed by atoms with van der Waals surface area (Å²) in [6, 6.07) is 5.73. The predicted molar refractivity (Wildman–Crippen MR) is 82.7 cm³/mol. The average molecular weight is 295 g/mol. The third kappa shape index (κ3) is 2.80. The van der Waals surface area contributed by atoms with E-state index in [1.807, 2.05) is 18.2 Å². The molecule has 0 aromatic heterocycles. The maximum Gasteiger partial charge on any atom is 0.0700 e. The van der Waals surface area contributed by atoms with E-state index in [9.17, 15) is 5.11 Å². The van der Waals surface area contributed by atoms with E-state index >= 15 is 0 Å². The lowest BCUT2D eigenvalue weighted by Gasteiger charge is -2.47. The van der Waals surface area contributed by atoms with E-state index in [-0.39, 0.29) is 0 Å². The summed E-state index contributed by atoms with van der Waals surface area (Å²) in [6.07, 6.45) is 5.46. The first kappa shape index (κ1) is 14.2. The summed E-state index contributed by atoms with van der Waals surface area (Å²) in [4.78, 5) is 2.42. The normalized spacial score (nSPS) is 31.0. The first-order valence-electron chi connectivity index (χ1n) is 7.55. The second-order valence-corrected chi connectivity index (χ2v) is 6.81. The molecule has 2 fully saturated rings. The molecular weight excluding hydrogens is 272 g/mol. The Morgan fingerprint density at radius 2 is 2.20 bits per heavy atom. The molecule has 1 aromatic carbocycles. The maximum atomic E-state index is 10.7. The molecule has 1 aromatic rings. The molecule has 2 aliphatic rings. The van der Waals surface area contributed by atoms with Gasteiger partial charge in [0.15, 0.2) is 0 Å². The zero-order valence-corrected chi connectivity index (χ0v) is 12.6. The molecular formula is C16H23ClN2O. The molecule has 3 nitrogen and oxygen atoms in total. The van der Waals surface area contributed by atoms with Crippen LogP contribution in [-0.4, -0.2) is 28.7 Å². The molecule has 0 radical (unpaired) electrons. The third-order valence-corrected chi connectivity index (χ3v) is 5.25. The standard InChI is InChI=1S/C16H23ClN2O/c17-14-5-4-12(15(18)9-14)10-19-8-7-16(20)6-2-1-3-13(16)11-19/h4-5,9,13,20H,1-3,6-8,10-11,18H2. The van der Waals surface area contributed by atoms with Crippen molar-refractivity contribution in [3.63, 3.8) is 0 Å². The number of nitrogens with zero attached hydrogens (tertiary/aromatic N) is 1. The van der Waals surface area contributed by atoms with Crippen LogP contribution < -0.4 is 5.73 Å². The van der Waals surface area contributed by atoms with Gasteiger partial charge in [-0.3, -0.25) is 4.90 Å². The highest BCUT2D eigenvalue weighted by Gasteiger charge is 2.42. The molecule has 1 heterocycles. The van der Waals surface area contributed by atoms with Gasteiger partial charge in [0.2, 0.25) is 0 Å². The quantitative estimate of drug-likeness (QED) is 0.824. The van der Waals surface area contributed by atoms with Crippen molar-refractivity contribution in [2.75, 3.05) is 18.8 Å². The second-order valence-electron chi connectivity index (χ2n) is 6.37. The largest absolute Gasteiger partial charge is 0.398 e. The molecule has 110 valence electrons. The van der Waals surface area contributed by atoms with Crippen molar-refractivity contribution in [2.24, 2.45) is 5.92 Å². The molecule has 0 spiro atoms. The van der Waals surface area contributed by atoms with Crippen molar-refractivity contribution in [1.82, 2.24) is 4.90 Å². The van der Waals surface area contributed by atoms with Gasteiger partial charge in [-0.1, -0.05) is 30.5 Å². The summed E-state index contributed by atoms with van der Waals surface area (Å²) in [6.45, 7) is 2.79. The first-order chi connectivity index (χ1) is 9.57. The van der Waals surface area contributed by atoms with Crippen LogP contribution >= 0.6 is 11.6 Å². The molecule has 1 aliphatic heterocycles. The van der Waals surface area contributed by atoms with Gasteiger partial charge in [0.25, 0.3) is 0 Å². The number of aliphatic hydroxyl groups is 1. The van der Waals surface area contributed by atoms with Crippen molar-refractivity contribution in [2.45, 2.75) is 44.2 Å². The van der Waals surface area contributed by atoms with Crippen LogP contribution in [-0.2, 0) is 6.54 Å². The summed E-state index contributed by atoms with van der Waals surface area (Å²) < 4.78 is 0. The van der Waals surface area contributed by atoms with Gasteiger partial charge in [0, 0.05) is 36.3 Å². The Morgan fingerprint density at radius 1 is 1.35 bits per heavy atom. The number of fused-ring (bicyclic) bond motifs is 1. The highest BCUT2D eigenvalue weighted by molar-refractivity contribution is 6.30. The van der Waals surface area contributed by atoms with E-state index in [0.29, 0.717) is 10.9 Å². The minimum absolute atomic E-state index is 0.402. The summed E-state index contributed by atoms with van der Waals surface area (Å²) in [5.41, 5.74) is 7.53. The van der Waals surface area contributed by atoms with Crippen LogP contribution in [0.5, 0.6) is 0 Å². The van der Waals surface area contributed by atoms with Crippen LogP contribution in [0.15, 0.2) is 18.2 Å². The average Bonchev–Trinajstić information content (AvgIpc) is 2.42. The van der Waals surface area contributed by atoms with Crippen LogP contribution in [0.1, 0.15) is 37.7 Å². The predicted octanol–water partition coefficient (Wildman–Crippen LogP) is 3.05. The van der Waals surface area contributed by atoms with Crippen molar-refractivity contribution >= 4 is 17.3 Å². The second kappa shape index (κ2) is 5.55. The van der Waals surface area contributed by atoms with E-state index in [1.165, 1.54) is 12.8 Å². The van der Waals surface area contributed by atoms with E-state index in [0.717, 1.165) is 50.1 Å². The summed E-state index contributed by atoms with van der Waals surface area (Å²) in [5.74, 6) is 0.429. The van der Waals surface area contributed by atoms with Gasteiger partial charge in [-0.25, -0.2) is 0 Å². The number of nitrogen functional groups attached to an aromatic ring is 1. The molecule has 3 N–H and O–H groups in total. The SMILES string of the molecule is Nc1cc(Cl)ccc1CN1CCC2(O)CCCCC2C1. The number of hydrogen-bond acceptors (Lipinski definition) is 3. The van der Waals surface area contributed by atoms with Gasteiger partial charge < -0.3 is 10.8 Å². The molecule has 3 rings (SSSR count). The number of likely N-dealkylation sites (tertiary alicyclic amines) is 1. The molecule has 0 bridgehead atoms. The van der Waals surface area contributed by atoms with Crippen molar-refractivity contribution in [3.05, 3.63) is 28.8 Å². The summed E-state index contributed by atoms with van der Waals surface area (Å²) in [7, 11) is 0. The van der Waals surface area contributed by atoms with Gasteiger partial charge >= 0.3 is 0 Å². The smallest absolute Gasteiger partial charge is 0.0700 e. The third-order valence-electron chi connectivity index (χ3n) is 5.01. The van der Waals surface area contributed by atoms with Crippen molar-refractivity contribution in [1.29, 1.82) is 0 Å². The minimum atomic E-state index is -0.402. The van der Waals surface area contributed by atoms with Crippen LogP contribution in [0.25, 0.3) is 0 Å². The topological polar surface area (TPSA) is 49.5 Å². The molecule has 1 saturated carbocycles. The summed E-state index contributed by atoms with van der Waals surface area (Å²) in [5, 5.41) is 11.4. The zero-order chi connectivity index (χ0) is 14.2. The van der Waals surface area contributed by atoms with Gasteiger partial charge in [0.1, 0.15) is 0 Å².